The van der Waals surface area contributed by atoms with Gasteiger partial charge in [0, 0.05) is 24.2 Å². The summed E-state index contributed by atoms with van der Waals surface area (Å²) in [5, 5.41) is 1.94. The van der Waals surface area contributed by atoms with Crippen LogP contribution in [0.4, 0.5) is 5.69 Å². The second-order valence-electron chi connectivity index (χ2n) is 3.66. The van der Waals surface area contributed by atoms with Gasteiger partial charge in [-0.1, -0.05) is 0 Å². The molecule has 0 spiro atoms. The molecular weight excluding hydrogens is 212 g/mol. The van der Waals surface area contributed by atoms with E-state index in [4.69, 9.17) is 5.73 Å². The number of primary amides is 1. The number of nitrogens with zero attached hydrogens (tertiary/aromatic N) is 1. The van der Waals surface area contributed by atoms with Crippen molar-refractivity contribution >= 4 is 29.2 Å². The largest absolute Gasteiger partial charge is 0.370 e. The Morgan fingerprint density at radius 3 is 3.00 bits per heavy atom. The molecule has 2 rings (SSSR count). The zero-order valence-electron chi connectivity index (χ0n) is 8.18. The molecule has 1 aliphatic rings. The van der Waals surface area contributed by atoms with Gasteiger partial charge in [-0.3, -0.25) is 9.59 Å². The van der Waals surface area contributed by atoms with Crippen molar-refractivity contribution in [3.63, 3.8) is 0 Å². The number of hydrogen-bond acceptors (Lipinski definition) is 4. The molecule has 1 saturated heterocycles. The van der Waals surface area contributed by atoms with Gasteiger partial charge in [0.15, 0.2) is 6.29 Å². The van der Waals surface area contributed by atoms with Crippen LogP contribution in [0, 0.1) is 5.92 Å². The molecule has 2 N–H and O–H groups in total. The summed E-state index contributed by atoms with van der Waals surface area (Å²) < 4.78 is 0. The number of thiophene rings is 1. The van der Waals surface area contributed by atoms with Gasteiger partial charge in [-0.2, -0.15) is 0 Å². The lowest BCUT2D eigenvalue weighted by Gasteiger charge is -2.15. The maximum atomic E-state index is 11.0. The van der Waals surface area contributed by atoms with E-state index in [1.54, 1.807) is 0 Å². The lowest BCUT2D eigenvalue weighted by atomic mass is 10.1. The Morgan fingerprint density at radius 1 is 1.67 bits per heavy atom. The van der Waals surface area contributed by atoms with Crippen LogP contribution in [0.1, 0.15) is 16.1 Å². The molecule has 80 valence electrons. The molecule has 0 radical (unpaired) electrons. The van der Waals surface area contributed by atoms with Gasteiger partial charge in [0.1, 0.15) is 0 Å². The maximum Gasteiger partial charge on any atom is 0.222 e. The third-order valence-electron chi connectivity index (χ3n) is 2.68. The number of anilines is 1. The number of hydrogen-bond donors (Lipinski definition) is 1. The zero-order valence-corrected chi connectivity index (χ0v) is 9.00. The Balaban J connectivity index is 2.07. The topological polar surface area (TPSA) is 63.4 Å². The Morgan fingerprint density at radius 2 is 2.47 bits per heavy atom. The van der Waals surface area contributed by atoms with Gasteiger partial charge in [0.25, 0.3) is 0 Å². The van der Waals surface area contributed by atoms with E-state index in [0.717, 1.165) is 24.9 Å². The second kappa shape index (κ2) is 4.02. The molecular formula is C10H12N2O2S. The van der Waals surface area contributed by atoms with Crippen molar-refractivity contribution in [1.29, 1.82) is 0 Å². The normalized spacial score (nSPS) is 20.5. The van der Waals surface area contributed by atoms with Crippen molar-refractivity contribution in [2.45, 2.75) is 6.42 Å². The van der Waals surface area contributed by atoms with Crippen LogP contribution < -0.4 is 10.6 Å². The molecule has 0 bridgehead atoms. The van der Waals surface area contributed by atoms with E-state index >= 15 is 0 Å². The predicted octanol–water partition coefficient (Wildman–Crippen LogP) is 0.872. The fraction of sp³-hybridized carbons (Fsp3) is 0.400. The van der Waals surface area contributed by atoms with E-state index in [1.165, 1.54) is 11.3 Å². The van der Waals surface area contributed by atoms with E-state index in [9.17, 15) is 9.59 Å². The Kier molecular flexibility index (Phi) is 2.73. The van der Waals surface area contributed by atoms with E-state index in [0.29, 0.717) is 11.4 Å². The van der Waals surface area contributed by atoms with Crippen LogP contribution >= 0.6 is 11.3 Å². The van der Waals surface area contributed by atoms with Crippen LogP contribution in [0.15, 0.2) is 11.4 Å². The molecule has 1 aliphatic heterocycles. The third-order valence-corrected chi connectivity index (χ3v) is 3.52. The summed E-state index contributed by atoms with van der Waals surface area (Å²) in [5.41, 5.74) is 6.27. The van der Waals surface area contributed by atoms with Crippen molar-refractivity contribution in [1.82, 2.24) is 0 Å². The molecule has 1 unspecified atom stereocenters. The molecule has 4 nitrogen and oxygen atoms in total. The van der Waals surface area contributed by atoms with Gasteiger partial charge in [0.2, 0.25) is 5.91 Å². The number of carbonyl (C=O) groups excluding carboxylic acids is 2. The fourth-order valence-electron chi connectivity index (χ4n) is 1.80. The molecule has 1 atom stereocenters. The van der Waals surface area contributed by atoms with Crippen molar-refractivity contribution in [2.75, 3.05) is 18.0 Å². The summed E-state index contributed by atoms with van der Waals surface area (Å²) in [5.74, 6) is -0.284. The lowest BCUT2D eigenvalue weighted by molar-refractivity contribution is -0.121. The third kappa shape index (κ3) is 2.02. The van der Waals surface area contributed by atoms with Gasteiger partial charge < -0.3 is 10.6 Å². The Labute approximate surface area is 91.7 Å². The highest BCUT2D eigenvalue weighted by atomic mass is 32.1. The van der Waals surface area contributed by atoms with Crippen molar-refractivity contribution in [3.05, 3.63) is 16.3 Å². The predicted molar refractivity (Wildman–Crippen MR) is 59.2 cm³/mol. The molecule has 0 saturated carbocycles. The quantitative estimate of drug-likeness (QED) is 0.775. The Hall–Kier alpha value is -1.36. The van der Waals surface area contributed by atoms with Crippen molar-refractivity contribution in [3.8, 4) is 0 Å². The number of amides is 1. The number of nitrogens with two attached hydrogens (primary N) is 1. The monoisotopic (exact) mass is 224 g/mol. The maximum absolute atomic E-state index is 11.0. The van der Waals surface area contributed by atoms with Gasteiger partial charge in [-0.25, -0.2) is 0 Å². The highest BCUT2D eigenvalue weighted by Crippen LogP contribution is 2.27. The van der Waals surface area contributed by atoms with Gasteiger partial charge in [-0.15, -0.1) is 11.3 Å². The first-order valence-electron chi connectivity index (χ1n) is 4.78. The van der Waals surface area contributed by atoms with Crippen molar-refractivity contribution in [2.24, 2.45) is 11.7 Å². The average molecular weight is 224 g/mol. The molecule has 1 amide bonds. The molecule has 1 aromatic rings. The lowest BCUT2D eigenvalue weighted by Crippen LogP contribution is -2.27. The summed E-state index contributed by atoms with van der Waals surface area (Å²) in [7, 11) is 0. The van der Waals surface area contributed by atoms with E-state index in [1.807, 2.05) is 11.4 Å². The standard InChI is InChI=1S/C10H12N2O2S/c11-10(14)7-1-2-12(4-7)8-3-9(5-13)15-6-8/h3,5-7H,1-2,4H2,(H2,11,14). The average Bonchev–Trinajstić information content (AvgIpc) is 2.86. The Bertz CT molecular complexity index is 389. The first-order chi connectivity index (χ1) is 7.20. The fourth-order valence-corrected chi connectivity index (χ4v) is 2.52. The summed E-state index contributed by atoms with van der Waals surface area (Å²) in [4.78, 5) is 24.3. The zero-order chi connectivity index (χ0) is 10.8. The highest BCUT2D eigenvalue weighted by molar-refractivity contribution is 7.12. The van der Waals surface area contributed by atoms with E-state index in [2.05, 4.69) is 4.90 Å². The first-order valence-corrected chi connectivity index (χ1v) is 5.66. The van der Waals surface area contributed by atoms with Crippen molar-refractivity contribution < 1.29 is 9.59 Å². The van der Waals surface area contributed by atoms with Crippen LogP contribution in [-0.4, -0.2) is 25.3 Å². The number of carbonyl (C=O) groups is 2. The second-order valence-corrected chi connectivity index (χ2v) is 4.60. The minimum absolute atomic E-state index is 0.0513. The molecule has 15 heavy (non-hydrogen) atoms. The molecule has 1 aromatic heterocycles. The van der Waals surface area contributed by atoms with Crippen LogP contribution in [0.2, 0.25) is 0 Å². The molecule has 0 aliphatic carbocycles. The minimum atomic E-state index is -0.233. The minimum Gasteiger partial charge on any atom is -0.370 e. The summed E-state index contributed by atoms with van der Waals surface area (Å²) >= 11 is 1.42. The number of aldehydes is 1. The molecule has 5 heteroatoms. The summed E-state index contributed by atoms with van der Waals surface area (Å²) in [6, 6.07) is 1.85. The summed E-state index contributed by atoms with van der Waals surface area (Å²) in [6.45, 7) is 1.51. The highest BCUT2D eigenvalue weighted by Gasteiger charge is 2.27. The summed E-state index contributed by atoms with van der Waals surface area (Å²) in [6.07, 6.45) is 1.65. The van der Waals surface area contributed by atoms with Crippen LogP contribution in [0.25, 0.3) is 0 Å². The molecule has 2 heterocycles. The van der Waals surface area contributed by atoms with Gasteiger partial charge >= 0.3 is 0 Å². The first kappa shape index (κ1) is 10.2. The van der Waals surface area contributed by atoms with Crippen LogP contribution in [-0.2, 0) is 4.79 Å². The van der Waals surface area contributed by atoms with E-state index < -0.39 is 0 Å². The van der Waals surface area contributed by atoms with Crippen LogP contribution in [0.5, 0.6) is 0 Å². The molecule has 0 aromatic carbocycles. The SMILES string of the molecule is NC(=O)C1CCN(c2csc(C=O)c2)C1. The molecule has 1 fully saturated rings. The number of rotatable bonds is 3. The van der Waals surface area contributed by atoms with E-state index in [-0.39, 0.29) is 11.8 Å². The smallest absolute Gasteiger partial charge is 0.222 e. The van der Waals surface area contributed by atoms with Crippen LogP contribution in [0.3, 0.4) is 0 Å². The van der Waals surface area contributed by atoms with Gasteiger partial charge in [0.05, 0.1) is 10.8 Å². The van der Waals surface area contributed by atoms with Gasteiger partial charge in [-0.05, 0) is 12.5 Å².